The van der Waals surface area contributed by atoms with Crippen LogP contribution in [0.2, 0.25) is 0 Å². The second-order valence-electron chi connectivity index (χ2n) is 1.52. The summed E-state index contributed by atoms with van der Waals surface area (Å²) in [5, 5.41) is 8.50. The monoisotopic (exact) mass is 137 g/mol. The number of nitrogens with zero attached hydrogens (tertiary/aromatic N) is 1. The Morgan fingerprint density at radius 3 is 2.50 bits per heavy atom. The molecule has 0 saturated carbocycles. The first-order valence-electron chi connectivity index (χ1n) is 2.93. The number of aliphatic hydroxyl groups excluding tert-OH is 1. The zero-order valence-corrected chi connectivity index (χ0v) is 5.83. The molecule has 0 fully saturated rings. The molecule has 2 nitrogen and oxygen atoms in total. The highest BCUT2D eigenvalue weighted by molar-refractivity contribution is 5.06. The van der Waals surface area contributed by atoms with Gasteiger partial charge in [0, 0.05) is 12.4 Å². The summed E-state index contributed by atoms with van der Waals surface area (Å²) >= 11 is 0. The Balaban J connectivity index is 0.000000371. The molecular weight excluding hydrogens is 126 g/mol. The lowest BCUT2D eigenvalue weighted by molar-refractivity contribution is 0.281. The number of aliphatic hydroxyl groups is 1. The van der Waals surface area contributed by atoms with Gasteiger partial charge in [-0.05, 0) is 11.6 Å². The fourth-order valence-electron chi connectivity index (χ4n) is 0.492. The normalized spacial score (nSPS) is 7.70. The van der Waals surface area contributed by atoms with E-state index in [2.05, 4.69) is 18.1 Å². The fourth-order valence-corrected chi connectivity index (χ4v) is 0.492. The summed E-state index contributed by atoms with van der Waals surface area (Å²) in [5.41, 5.74) is 0.854. The van der Waals surface area contributed by atoms with E-state index in [4.69, 9.17) is 5.11 Å². The summed E-state index contributed by atoms with van der Waals surface area (Å²) in [7, 11) is 0. The lowest BCUT2D eigenvalue weighted by Crippen LogP contribution is -1.80. The van der Waals surface area contributed by atoms with Gasteiger partial charge in [-0.2, -0.15) is 0 Å². The van der Waals surface area contributed by atoms with Crippen LogP contribution in [0.25, 0.3) is 0 Å². The van der Waals surface area contributed by atoms with Crippen molar-refractivity contribution in [3.05, 3.63) is 43.2 Å². The molecule has 10 heavy (non-hydrogen) atoms. The Morgan fingerprint density at radius 1 is 1.50 bits per heavy atom. The summed E-state index contributed by atoms with van der Waals surface area (Å²) in [6, 6.07) is 3.62. The number of aromatic nitrogens is 1. The smallest absolute Gasteiger partial charge is 0.0696 e. The number of hydrogen-bond donors (Lipinski definition) is 1. The molecule has 1 rings (SSSR count). The van der Waals surface area contributed by atoms with Gasteiger partial charge in [0.15, 0.2) is 0 Å². The van der Waals surface area contributed by atoms with Crippen molar-refractivity contribution in [1.82, 2.24) is 4.98 Å². The van der Waals surface area contributed by atoms with Crippen LogP contribution in [-0.4, -0.2) is 10.1 Å². The molecule has 1 aromatic rings. The van der Waals surface area contributed by atoms with Crippen LogP contribution in [0.4, 0.5) is 0 Å². The van der Waals surface area contributed by atoms with Crippen LogP contribution in [0, 0.1) is 0 Å². The molecule has 0 aromatic carbocycles. The van der Waals surface area contributed by atoms with Gasteiger partial charge in [0.2, 0.25) is 0 Å². The van der Waals surface area contributed by atoms with Crippen molar-refractivity contribution in [1.29, 1.82) is 0 Å². The van der Waals surface area contributed by atoms with Crippen molar-refractivity contribution in [3.63, 3.8) is 0 Å². The van der Waals surface area contributed by atoms with E-state index in [0.717, 1.165) is 5.56 Å². The van der Waals surface area contributed by atoms with Gasteiger partial charge in [0.25, 0.3) is 0 Å². The Labute approximate surface area is 60.9 Å². The van der Waals surface area contributed by atoms with Crippen LogP contribution >= 0.6 is 0 Å². The first kappa shape index (κ1) is 8.85. The van der Waals surface area contributed by atoms with Crippen LogP contribution < -0.4 is 0 Å². The molecule has 0 aliphatic heterocycles. The molecule has 0 unspecified atom stereocenters. The highest BCUT2D eigenvalue weighted by Crippen LogP contribution is 1.92. The zero-order valence-electron chi connectivity index (χ0n) is 5.83. The molecular formula is C8H11NO. The topological polar surface area (TPSA) is 33.1 Å². The third kappa shape index (κ3) is 2.99. The maximum atomic E-state index is 8.50. The first-order chi connectivity index (χ1) is 4.93. The second-order valence-corrected chi connectivity index (χ2v) is 1.52. The molecule has 54 valence electrons. The number of hydrogen-bond acceptors (Lipinski definition) is 2. The van der Waals surface area contributed by atoms with Crippen LogP contribution in [0.15, 0.2) is 37.7 Å². The van der Waals surface area contributed by atoms with E-state index in [0.29, 0.717) is 0 Å². The average Bonchev–Trinajstić information content (AvgIpc) is 2.10. The molecule has 1 heterocycles. The maximum Gasteiger partial charge on any atom is 0.0696 e. The van der Waals surface area contributed by atoms with Crippen LogP contribution in [0.5, 0.6) is 0 Å². The summed E-state index contributed by atoms with van der Waals surface area (Å²) in [4.78, 5) is 3.80. The standard InChI is InChI=1S/C6H7NO.C2H4/c8-5-6-2-1-3-7-4-6;1-2/h1-4,8H,5H2;1-2H2. The quantitative estimate of drug-likeness (QED) is 0.593. The Bertz CT molecular complexity index is 162. The van der Waals surface area contributed by atoms with Crippen LogP contribution in [-0.2, 0) is 6.61 Å². The van der Waals surface area contributed by atoms with E-state index in [1.54, 1.807) is 18.5 Å². The van der Waals surface area contributed by atoms with Gasteiger partial charge in [-0.25, -0.2) is 0 Å². The predicted octanol–water partition coefficient (Wildman–Crippen LogP) is 1.38. The van der Waals surface area contributed by atoms with Crippen LogP contribution in [0.3, 0.4) is 0 Å². The summed E-state index contributed by atoms with van der Waals surface area (Å²) in [6.45, 7) is 6.08. The molecule has 0 amide bonds. The number of pyridine rings is 1. The SMILES string of the molecule is C=C.OCc1cccnc1. The van der Waals surface area contributed by atoms with Gasteiger partial charge in [-0.1, -0.05) is 6.07 Å². The van der Waals surface area contributed by atoms with Crippen molar-refractivity contribution in [2.75, 3.05) is 0 Å². The van der Waals surface area contributed by atoms with Gasteiger partial charge >= 0.3 is 0 Å². The Kier molecular flexibility index (Phi) is 5.29. The van der Waals surface area contributed by atoms with E-state index in [1.807, 2.05) is 6.07 Å². The first-order valence-corrected chi connectivity index (χ1v) is 2.93. The van der Waals surface area contributed by atoms with Gasteiger partial charge in [-0.3, -0.25) is 4.98 Å². The second kappa shape index (κ2) is 5.98. The van der Waals surface area contributed by atoms with E-state index in [9.17, 15) is 0 Å². The summed E-state index contributed by atoms with van der Waals surface area (Å²) < 4.78 is 0. The molecule has 0 saturated heterocycles. The largest absolute Gasteiger partial charge is 0.392 e. The van der Waals surface area contributed by atoms with Gasteiger partial charge < -0.3 is 5.11 Å². The Morgan fingerprint density at radius 2 is 2.20 bits per heavy atom. The lowest BCUT2D eigenvalue weighted by atomic mass is 10.3. The minimum absolute atomic E-state index is 0.0772. The zero-order chi connectivity index (χ0) is 7.82. The third-order valence-corrected chi connectivity index (χ3v) is 0.905. The number of rotatable bonds is 1. The van der Waals surface area contributed by atoms with E-state index in [1.165, 1.54) is 0 Å². The summed E-state index contributed by atoms with van der Waals surface area (Å²) in [6.07, 6.45) is 3.32. The van der Waals surface area contributed by atoms with Gasteiger partial charge in [0.05, 0.1) is 6.61 Å². The molecule has 2 heteroatoms. The van der Waals surface area contributed by atoms with Crippen molar-refractivity contribution in [2.24, 2.45) is 0 Å². The van der Waals surface area contributed by atoms with Gasteiger partial charge in [0.1, 0.15) is 0 Å². The highest BCUT2D eigenvalue weighted by atomic mass is 16.3. The summed E-state index contributed by atoms with van der Waals surface area (Å²) in [5.74, 6) is 0. The van der Waals surface area contributed by atoms with E-state index >= 15 is 0 Å². The van der Waals surface area contributed by atoms with Gasteiger partial charge in [-0.15, -0.1) is 13.2 Å². The Hall–Kier alpha value is -1.15. The van der Waals surface area contributed by atoms with E-state index < -0.39 is 0 Å². The highest BCUT2D eigenvalue weighted by Gasteiger charge is 1.82. The predicted molar refractivity (Wildman–Crippen MR) is 41.4 cm³/mol. The molecule has 0 aliphatic carbocycles. The molecule has 0 bridgehead atoms. The molecule has 0 aliphatic rings. The third-order valence-electron chi connectivity index (χ3n) is 0.905. The van der Waals surface area contributed by atoms with Crippen molar-refractivity contribution in [2.45, 2.75) is 6.61 Å². The maximum absolute atomic E-state index is 8.50. The average molecular weight is 137 g/mol. The molecule has 0 spiro atoms. The lowest BCUT2D eigenvalue weighted by Gasteiger charge is -1.88. The van der Waals surface area contributed by atoms with Crippen LogP contribution in [0.1, 0.15) is 5.56 Å². The van der Waals surface area contributed by atoms with Crippen molar-refractivity contribution >= 4 is 0 Å². The molecule has 0 atom stereocenters. The molecule has 0 radical (unpaired) electrons. The fraction of sp³-hybridized carbons (Fsp3) is 0.125. The van der Waals surface area contributed by atoms with E-state index in [-0.39, 0.29) is 6.61 Å². The molecule has 1 N–H and O–H groups in total. The van der Waals surface area contributed by atoms with Crippen molar-refractivity contribution in [3.8, 4) is 0 Å². The minimum Gasteiger partial charge on any atom is -0.392 e. The molecule has 1 aromatic heterocycles. The minimum atomic E-state index is 0.0772. The van der Waals surface area contributed by atoms with Crippen molar-refractivity contribution < 1.29 is 5.11 Å².